The predicted octanol–water partition coefficient (Wildman–Crippen LogP) is 3.27. The monoisotopic (exact) mass is 297 g/mol. The van der Waals surface area contributed by atoms with E-state index in [1.54, 1.807) is 12.1 Å². The second-order valence-corrected chi connectivity index (χ2v) is 4.23. The molecule has 0 unspecified atom stereocenters. The summed E-state index contributed by atoms with van der Waals surface area (Å²) in [5, 5.41) is 9.11. The molecule has 1 heterocycles. The van der Waals surface area contributed by atoms with Crippen molar-refractivity contribution in [3.63, 3.8) is 0 Å². The second-order valence-electron chi connectivity index (χ2n) is 3.32. The molecule has 1 N–H and O–H groups in total. The number of halogens is 2. The zero-order valence-electron chi connectivity index (χ0n) is 8.73. The minimum atomic E-state index is -0.471. The van der Waals surface area contributed by atoms with Gasteiger partial charge in [-0.15, -0.1) is 0 Å². The molecule has 0 saturated carbocycles. The molecule has 0 spiro atoms. The lowest BCUT2D eigenvalue weighted by Gasteiger charge is -2.09. The maximum Gasteiger partial charge on any atom is 0.165 e. The zero-order chi connectivity index (χ0) is 12.3. The summed E-state index contributed by atoms with van der Waals surface area (Å²) in [6, 6.07) is 6.02. The van der Waals surface area contributed by atoms with Crippen molar-refractivity contribution in [2.24, 2.45) is 0 Å². The van der Waals surface area contributed by atoms with Crippen LogP contribution in [0.5, 0.6) is 11.5 Å². The van der Waals surface area contributed by atoms with Gasteiger partial charge in [-0.2, -0.15) is 0 Å². The Labute approximate surface area is 106 Å². The van der Waals surface area contributed by atoms with Crippen molar-refractivity contribution in [1.29, 1.82) is 0 Å². The molecule has 0 aliphatic rings. The van der Waals surface area contributed by atoms with Crippen molar-refractivity contribution < 1.29 is 14.2 Å². The Morgan fingerprint density at radius 1 is 1.29 bits per heavy atom. The van der Waals surface area contributed by atoms with Crippen LogP contribution in [0.3, 0.4) is 0 Å². The van der Waals surface area contributed by atoms with E-state index >= 15 is 0 Å². The third-order valence-electron chi connectivity index (χ3n) is 2.15. The van der Waals surface area contributed by atoms with Gasteiger partial charge in [0.05, 0.1) is 12.8 Å². The average Bonchev–Trinajstić information content (AvgIpc) is 2.34. The lowest BCUT2D eigenvalue weighted by molar-refractivity contribution is 0.275. The number of aromatic nitrogens is 1. The van der Waals surface area contributed by atoms with Crippen molar-refractivity contribution in [3.8, 4) is 11.5 Å². The maximum absolute atomic E-state index is 13.5. The van der Waals surface area contributed by atoms with E-state index in [1.165, 1.54) is 24.5 Å². The molecule has 0 atom stereocenters. The first-order chi connectivity index (χ1) is 8.20. The van der Waals surface area contributed by atoms with Crippen LogP contribution < -0.4 is 4.74 Å². The zero-order valence-corrected chi connectivity index (χ0v) is 10.3. The Morgan fingerprint density at radius 3 is 2.88 bits per heavy atom. The molecule has 17 heavy (non-hydrogen) atoms. The molecular formula is C12H9BrFNO2. The van der Waals surface area contributed by atoms with Crippen LogP contribution in [0.25, 0.3) is 0 Å². The first-order valence-corrected chi connectivity index (χ1v) is 5.66. The van der Waals surface area contributed by atoms with Crippen LogP contribution in [0, 0.1) is 5.82 Å². The number of aliphatic hydroxyl groups excluding tert-OH is 1. The minimum Gasteiger partial charge on any atom is -0.452 e. The number of benzene rings is 1. The van der Waals surface area contributed by atoms with Crippen LogP contribution in [0.15, 0.2) is 41.1 Å². The van der Waals surface area contributed by atoms with Crippen LogP contribution in [0.4, 0.5) is 4.39 Å². The third kappa shape index (κ3) is 2.81. The van der Waals surface area contributed by atoms with Gasteiger partial charge in [0.2, 0.25) is 0 Å². The van der Waals surface area contributed by atoms with E-state index in [0.29, 0.717) is 15.8 Å². The molecule has 0 saturated heterocycles. The van der Waals surface area contributed by atoms with Crippen LogP contribution in [0.1, 0.15) is 5.56 Å². The van der Waals surface area contributed by atoms with Crippen molar-refractivity contribution in [2.45, 2.75) is 6.61 Å². The molecule has 1 aromatic heterocycles. The third-order valence-corrected chi connectivity index (χ3v) is 2.65. The Morgan fingerprint density at radius 2 is 2.12 bits per heavy atom. The molecule has 5 heteroatoms. The van der Waals surface area contributed by atoms with Gasteiger partial charge in [-0.3, -0.25) is 4.98 Å². The fourth-order valence-electron chi connectivity index (χ4n) is 1.31. The normalized spacial score (nSPS) is 10.3. The Bertz CT molecular complexity index is 534. The number of aliphatic hydroxyl groups is 1. The average molecular weight is 298 g/mol. The van der Waals surface area contributed by atoms with E-state index < -0.39 is 5.82 Å². The highest BCUT2D eigenvalue weighted by atomic mass is 79.9. The highest BCUT2D eigenvalue weighted by molar-refractivity contribution is 9.10. The van der Waals surface area contributed by atoms with Gasteiger partial charge < -0.3 is 9.84 Å². The van der Waals surface area contributed by atoms with Crippen molar-refractivity contribution in [2.75, 3.05) is 0 Å². The van der Waals surface area contributed by atoms with Gasteiger partial charge in [0.1, 0.15) is 0 Å². The molecule has 1 aromatic carbocycles. The van der Waals surface area contributed by atoms with E-state index in [1.807, 2.05) is 0 Å². The van der Waals surface area contributed by atoms with Gasteiger partial charge in [-0.1, -0.05) is 15.9 Å². The van der Waals surface area contributed by atoms with Crippen molar-refractivity contribution >= 4 is 15.9 Å². The largest absolute Gasteiger partial charge is 0.452 e. The summed E-state index contributed by atoms with van der Waals surface area (Å²) in [5.74, 6) is -0.0463. The lowest BCUT2D eigenvalue weighted by Crippen LogP contribution is -1.94. The SMILES string of the molecule is OCc1ccncc1Oc1cc(Br)ccc1F. The van der Waals surface area contributed by atoms with Crippen molar-refractivity contribution in [3.05, 3.63) is 52.5 Å². The summed E-state index contributed by atoms with van der Waals surface area (Å²) in [6.07, 6.45) is 2.97. The number of hydrogen-bond acceptors (Lipinski definition) is 3. The smallest absolute Gasteiger partial charge is 0.165 e. The second kappa shape index (κ2) is 5.25. The van der Waals surface area contributed by atoms with Gasteiger partial charge in [0, 0.05) is 16.2 Å². The molecule has 0 aliphatic heterocycles. The standard InChI is InChI=1S/C12H9BrFNO2/c13-9-1-2-10(14)11(5-9)17-12-6-15-4-3-8(12)7-16/h1-6,16H,7H2. The minimum absolute atomic E-state index is 0.0853. The van der Waals surface area contributed by atoms with Gasteiger partial charge in [-0.05, 0) is 24.3 Å². The van der Waals surface area contributed by atoms with Gasteiger partial charge in [0.25, 0.3) is 0 Å². The first kappa shape index (κ1) is 12.0. The summed E-state index contributed by atoms with van der Waals surface area (Å²) in [5.41, 5.74) is 0.555. The van der Waals surface area contributed by atoms with E-state index in [9.17, 15) is 4.39 Å². The van der Waals surface area contributed by atoms with Gasteiger partial charge in [-0.25, -0.2) is 4.39 Å². The highest BCUT2D eigenvalue weighted by Crippen LogP contribution is 2.29. The maximum atomic E-state index is 13.5. The molecule has 88 valence electrons. The number of hydrogen-bond donors (Lipinski definition) is 1. The number of nitrogens with zero attached hydrogens (tertiary/aromatic N) is 1. The van der Waals surface area contributed by atoms with E-state index in [4.69, 9.17) is 9.84 Å². The molecule has 0 aliphatic carbocycles. The van der Waals surface area contributed by atoms with E-state index in [0.717, 1.165) is 0 Å². The quantitative estimate of drug-likeness (QED) is 0.945. The molecule has 0 amide bonds. The fraction of sp³-hybridized carbons (Fsp3) is 0.0833. The predicted molar refractivity (Wildman–Crippen MR) is 64.3 cm³/mol. The summed E-state index contributed by atoms with van der Waals surface area (Å²) in [7, 11) is 0. The van der Waals surface area contributed by atoms with Crippen LogP contribution in [-0.2, 0) is 6.61 Å². The van der Waals surface area contributed by atoms with Crippen molar-refractivity contribution in [1.82, 2.24) is 4.98 Å². The van der Waals surface area contributed by atoms with Gasteiger partial charge in [0.15, 0.2) is 17.3 Å². The number of rotatable bonds is 3. The topological polar surface area (TPSA) is 42.4 Å². The lowest BCUT2D eigenvalue weighted by atomic mass is 10.2. The molecular weight excluding hydrogens is 289 g/mol. The van der Waals surface area contributed by atoms with Gasteiger partial charge >= 0.3 is 0 Å². The Balaban J connectivity index is 2.34. The van der Waals surface area contributed by atoms with Crippen LogP contribution in [-0.4, -0.2) is 10.1 Å². The van der Waals surface area contributed by atoms with E-state index in [2.05, 4.69) is 20.9 Å². The summed E-state index contributed by atoms with van der Waals surface area (Å²) >= 11 is 3.23. The molecule has 3 nitrogen and oxygen atoms in total. The summed E-state index contributed by atoms with van der Waals surface area (Å²) in [6.45, 7) is -0.187. The number of pyridine rings is 1. The molecule has 0 radical (unpaired) electrons. The molecule has 2 rings (SSSR count). The molecule has 0 bridgehead atoms. The fourth-order valence-corrected chi connectivity index (χ4v) is 1.65. The van der Waals surface area contributed by atoms with Crippen LogP contribution in [0.2, 0.25) is 0 Å². The Kier molecular flexibility index (Phi) is 3.71. The highest BCUT2D eigenvalue weighted by Gasteiger charge is 2.08. The first-order valence-electron chi connectivity index (χ1n) is 4.87. The summed E-state index contributed by atoms with van der Waals surface area (Å²) < 4.78 is 19.6. The molecule has 2 aromatic rings. The molecule has 0 fully saturated rings. The Hall–Kier alpha value is -1.46. The van der Waals surface area contributed by atoms with E-state index in [-0.39, 0.29) is 12.4 Å². The summed E-state index contributed by atoms with van der Waals surface area (Å²) in [4.78, 5) is 3.87. The number of ether oxygens (including phenoxy) is 1. The van der Waals surface area contributed by atoms with Crippen LogP contribution >= 0.6 is 15.9 Å².